The predicted molar refractivity (Wildman–Crippen MR) is 120 cm³/mol. The highest BCUT2D eigenvalue weighted by Gasteiger charge is 2.34. The molecule has 0 spiro atoms. The molecule has 8 heteroatoms. The quantitative estimate of drug-likeness (QED) is 0.659. The Morgan fingerprint density at radius 3 is 2.77 bits per heavy atom. The number of carbonyl (C=O) groups is 1. The molecular weight excluding hydrogens is 392 g/mol. The second kappa shape index (κ2) is 8.11. The fraction of sp³-hybridized carbons (Fsp3) is 0.391. The summed E-state index contributed by atoms with van der Waals surface area (Å²) >= 11 is 0. The SMILES string of the molecule is Cc1cnc(N2CC[C@@H](C(C)(C)O)C2)cc1NC(=O)c1cccc(-c2cnn(C)c2)n1. The molecule has 162 valence electrons. The first kappa shape index (κ1) is 21.0. The van der Waals surface area contributed by atoms with Crippen LogP contribution in [0.5, 0.6) is 0 Å². The van der Waals surface area contributed by atoms with Crippen molar-refractivity contribution < 1.29 is 9.90 Å². The summed E-state index contributed by atoms with van der Waals surface area (Å²) in [4.78, 5) is 24.1. The number of anilines is 2. The van der Waals surface area contributed by atoms with Crippen molar-refractivity contribution in [3.8, 4) is 11.3 Å². The molecule has 4 heterocycles. The minimum Gasteiger partial charge on any atom is -0.390 e. The third-order valence-electron chi connectivity index (χ3n) is 5.83. The van der Waals surface area contributed by atoms with E-state index in [1.807, 2.05) is 52.2 Å². The highest BCUT2D eigenvalue weighted by molar-refractivity contribution is 6.03. The van der Waals surface area contributed by atoms with Crippen molar-refractivity contribution in [2.24, 2.45) is 13.0 Å². The van der Waals surface area contributed by atoms with Gasteiger partial charge in [-0.05, 0) is 44.9 Å². The summed E-state index contributed by atoms with van der Waals surface area (Å²) in [5.74, 6) is 0.708. The molecule has 0 unspecified atom stereocenters. The van der Waals surface area contributed by atoms with Gasteiger partial charge < -0.3 is 15.3 Å². The molecular formula is C23H28N6O2. The van der Waals surface area contributed by atoms with Crippen molar-refractivity contribution in [3.63, 3.8) is 0 Å². The fourth-order valence-electron chi connectivity index (χ4n) is 3.83. The lowest BCUT2D eigenvalue weighted by molar-refractivity contribution is 0.0263. The van der Waals surface area contributed by atoms with E-state index in [9.17, 15) is 9.90 Å². The number of rotatable bonds is 5. The Bertz CT molecular complexity index is 1100. The van der Waals surface area contributed by atoms with Crippen LogP contribution in [0.4, 0.5) is 11.5 Å². The number of nitrogens with zero attached hydrogens (tertiary/aromatic N) is 5. The van der Waals surface area contributed by atoms with Crippen molar-refractivity contribution in [1.82, 2.24) is 19.7 Å². The van der Waals surface area contributed by atoms with Crippen LogP contribution in [0.1, 0.15) is 36.3 Å². The minimum atomic E-state index is -0.721. The number of aliphatic hydroxyl groups is 1. The van der Waals surface area contributed by atoms with Crippen LogP contribution in [0.25, 0.3) is 11.3 Å². The van der Waals surface area contributed by atoms with Crippen LogP contribution < -0.4 is 10.2 Å². The monoisotopic (exact) mass is 420 g/mol. The molecule has 0 aliphatic carbocycles. The first-order valence-corrected chi connectivity index (χ1v) is 10.4. The number of nitrogens with one attached hydrogen (secondary N) is 1. The van der Waals surface area contributed by atoms with E-state index < -0.39 is 5.60 Å². The van der Waals surface area contributed by atoms with E-state index in [1.54, 1.807) is 23.1 Å². The van der Waals surface area contributed by atoms with E-state index in [1.165, 1.54) is 0 Å². The lowest BCUT2D eigenvalue weighted by Crippen LogP contribution is -2.33. The number of hydrogen-bond acceptors (Lipinski definition) is 6. The van der Waals surface area contributed by atoms with Crippen LogP contribution in [-0.4, -0.2) is 49.5 Å². The smallest absolute Gasteiger partial charge is 0.274 e. The highest BCUT2D eigenvalue weighted by Crippen LogP contribution is 2.31. The van der Waals surface area contributed by atoms with Gasteiger partial charge in [0.2, 0.25) is 0 Å². The Kier molecular flexibility index (Phi) is 5.49. The van der Waals surface area contributed by atoms with Crippen LogP contribution in [-0.2, 0) is 7.05 Å². The number of aromatic nitrogens is 4. The second-order valence-electron chi connectivity index (χ2n) is 8.71. The molecule has 1 aliphatic heterocycles. The maximum absolute atomic E-state index is 12.9. The summed E-state index contributed by atoms with van der Waals surface area (Å²) < 4.78 is 1.70. The number of hydrogen-bond donors (Lipinski definition) is 2. The van der Waals surface area contributed by atoms with Gasteiger partial charge in [-0.3, -0.25) is 9.48 Å². The summed E-state index contributed by atoms with van der Waals surface area (Å²) in [6, 6.07) is 7.26. The van der Waals surface area contributed by atoms with Gasteiger partial charge in [-0.1, -0.05) is 6.07 Å². The number of pyridine rings is 2. The van der Waals surface area contributed by atoms with E-state index in [0.717, 1.165) is 36.5 Å². The van der Waals surface area contributed by atoms with E-state index in [4.69, 9.17) is 0 Å². The standard InChI is InChI=1S/C23H28N6O2/c1-15-11-24-21(29-9-8-17(14-29)23(2,3)31)10-20(15)27-22(30)19-7-5-6-18(26-19)16-12-25-28(4)13-16/h5-7,10-13,17,31H,8-9,14H2,1-4H3,(H,24,27,30)/t17-/m1/s1. The maximum atomic E-state index is 12.9. The summed E-state index contributed by atoms with van der Waals surface area (Å²) in [5.41, 5.74) is 2.75. The normalized spacial score (nSPS) is 16.5. The molecule has 1 amide bonds. The Morgan fingerprint density at radius 2 is 2.10 bits per heavy atom. The molecule has 2 N–H and O–H groups in total. The predicted octanol–water partition coefficient (Wildman–Crippen LogP) is 3.04. The summed E-state index contributed by atoms with van der Waals surface area (Å²) in [6.07, 6.45) is 6.26. The van der Waals surface area contributed by atoms with E-state index >= 15 is 0 Å². The van der Waals surface area contributed by atoms with Crippen molar-refractivity contribution in [1.29, 1.82) is 0 Å². The zero-order valence-corrected chi connectivity index (χ0v) is 18.3. The van der Waals surface area contributed by atoms with E-state index in [0.29, 0.717) is 17.1 Å². The Morgan fingerprint density at radius 1 is 1.29 bits per heavy atom. The molecule has 31 heavy (non-hydrogen) atoms. The third-order valence-corrected chi connectivity index (χ3v) is 5.83. The van der Waals surface area contributed by atoms with Crippen LogP contribution in [0.15, 0.2) is 42.9 Å². The van der Waals surface area contributed by atoms with E-state index in [-0.39, 0.29) is 11.8 Å². The second-order valence-corrected chi connectivity index (χ2v) is 8.71. The lowest BCUT2D eigenvalue weighted by atomic mass is 9.90. The van der Waals surface area contributed by atoms with Gasteiger partial charge in [0.25, 0.3) is 5.91 Å². The topological polar surface area (TPSA) is 96.2 Å². The van der Waals surface area contributed by atoms with Gasteiger partial charge in [-0.15, -0.1) is 0 Å². The molecule has 4 rings (SSSR count). The van der Waals surface area contributed by atoms with E-state index in [2.05, 4.69) is 25.3 Å². The summed E-state index contributed by atoms with van der Waals surface area (Å²) in [7, 11) is 1.84. The minimum absolute atomic E-state index is 0.188. The van der Waals surface area contributed by atoms with Gasteiger partial charge in [0, 0.05) is 55.8 Å². The lowest BCUT2D eigenvalue weighted by Gasteiger charge is -2.26. The molecule has 0 saturated carbocycles. The Labute approximate surface area is 182 Å². The molecule has 3 aromatic rings. The zero-order valence-electron chi connectivity index (χ0n) is 18.3. The van der Waals surface area contributed by atoms with Gasteiger partial charge in [0.05, 0.1) is 17.5 Å². The average molecular weight is 421 g/mol. The van der Waals surface area contributed by atoms with Gasteiger partial charge >= 0.3 is 0 Å². The fourth-order valence-corrected chi connectivity index (χ4v) is 3.83. The van der Waals surface area contributed by atoms with Crippen LogP contribution in [0, 0.1) is 12.8 Å². The van der Waals surface area contributed by atoms with Crippen LogP contribution in [0.2, 0.25) is 0 Å². The summed E-state index contributed by atoms with van der Waals surface area (Å²) in [6.45, 7) is 7.17. The van der Waals surface area contributed by atoms with Gasteiger partial charge in [0.1, 0.15) is 11.5 Å². The molecule has 0 radical (unpaired) electrons. The highest BCUT2D eigenvalue weighted by atomic mass is 16.3. The molecule has 1 saturated heterocycles. The maximum Gasteiger partial charge on any atom is 0.274 e. The largest absolute Gasteiger partial charge is 0.390 e. The molecule has 0 aromatic carbocycles. The average Bonchev–Trinajstić information content (AvgIpc) is 3.39. The zero-order chi connectivity index (χ0) is 22.2. The van der Waals surface area contributed by atoms with Crippen LogP contribution >= 0.6 is 0 Å². The number of carbonyl (C=O) groups excluding carboxylic acids is 1. The van der Waals surface area contributed by atoms with Crippen molar-refractivity contribution >= 4 is 17.4 Å². The molecule has 8 nitrogen and oxygen atoms in total. The molecule has 1 fully saturated rings. The van der Waals surface area contributed by atoms with Crippen molar-refractivity contribution in [2.75, 3.05) is 23.3 Å². The van der Waals surface area contributed by atoms with Gasteiger partial charge in [-0.2, -0.15) is 5.10 Å². The van der Waals surface area contributed by atoms with Gasteiger partial charge in [0.15, 0.2) is 0 Å². The van der Waals surface area contributed by atoms with Gasteiger partial charge in [-0.25, -0.2) is 9.97 Å². The molecule has 1 atom stereocenters. The van der Waals surface area contributed by atoms with Crippen molar-refractivity contribution in [2.45, 2.75) is 32.8 Å². The van der Waals surface area contributed by atoms with Crippen molar-refractivity contribution in [3.05, 3.63) is 54.1 Å². The third kappa shape index (κ3) is 4.59. The Balaban J connectivity index is 1.52. The number of aryl methyl sites for hydroxylation is 2. The molecule has 1 aliphatic rings. The first-order chi connectivity index (χ1) is 14.7. The molecule has 3 aromatic heterocycles. The van der Waals surface area contributed by atoms with Crippen LogP contribution in [0.3, 0.4) is 0 Å². The molecule has 0 bridgehead atoms. The first-order valence-electron chi connectivity index (χ1n) is 10.4. The summed E-state index contributed by atoms with van der Waals surface area (Å²) in [5, 5.41) is 17.5. The Hall–Kier alpha value is -3.26. The number of amides is 1.